The van der Waals surface area contributed by atoms with E-state index < -0.39 is 0 Å². The third-order valence-electron chi connectivity index (χ3n) is 10.8. The van der Waals surface area contributed by atoms with Crippen molar-refractivity contribution < 1.29 is 0 Å². The highest BCUT2D eigenvalue weighted by molar-refractivity contribution is 5.22. The van der Waals surface area contributed by atoms with Crippen LogP contribution >= 0.6 is 0 Å². The van der Waals surface area contributed by atoms with Gasteiger partial charge < -0.3 is 0 Å². The minimum absolute atomic E-state index is 0.491. The molecular weight excluding hydrogens is 312 g/mol. The van der Waals surface area contributed by atoms with Gasteiger partial charge in [-0.1, -0.05) is 58.9 Å². The molecule has 0 aliphatic heterocycles. The summed E-state index contributed by atoms with van der Waals surface area (Å²) in [5.74, 6) is 2.60. The Balaban J connectivity index is 1.71. The summed E-state index contributed by atoms with van der Waals surface area (Å²) >= 11 is 0. The molecule has 0 radical (unpaired) electrons. The number of hydrogen-bond donors (Lipinski definition) is 0. The van der Waals surface area contributed by atoms with Crippen molar-refractivity contribution in [3.05, 3.63) is 24.3 Å². The fourth-order valence-electron chi connectivity index (χ4n) is 9.10. The van der Waals surface area contributed by atoms with E-state index in [9.17, 15) is 0 Å². The van der Waals surface area contributed by atoms with Crippen LogP contribution in [0, 0.1) is 39.4 Å². The maximum Gasteiger partial charge on any atom is -0.0149 e. The van der Waals surface area contributed by atoms with Gasteiger partial charge in [0.1, 0.15) is 0 Å². The average molecular weight is 355 g/mol. The monoisotopic (exact) mass is 354 g/mol. The van der Waals surface area contributed by atoms with Crippen molar-refractivity contribution in [2.45, 2.75) is 98.8 Å². The van der Waals surface area contributed by atoms with Crippen molar-refractivity contribution in [1.82, 2.24) is 0 Å². The molecule has 4 aliphatic rings. The number of allylic oxidation sites excluding steroid dienone is 2. The van der Waals surface area contributed by atoms with Crippen molar-refractivity contribution in [3.63, 3.8) is 0 Å². The van der Waals surface area contributed by atoms with Gasteiger partial charge in [-0.25, -0.2) is 0 Å². The Kier molecular flexibility index (Phi) is 4.16. The van der Waals surface area contributed by atoms with E-state index in [-0.39, 0.29) is 0 Å². The lowest BCUT2D eigenvalue weighted by Crippen LogP contribution is -2.61. The molecule has 0 saturated heterocycles. The molecule has 4 fully saturated rings. The van der Waals surface area contributed by atoms with Crippen LogP contribution in [0.4, 0.5) is 0 Å². The minimum Gasteiger partial charge on any atom is -0.0998 e. The summed E-state index contributed by atoms with van der Waals surface area (Å²) < 4.78 is 0. The van der Waals surface area contributed by atoms with Gasteiger partial charge in [-0.05, 0) is 104 Å². The SMILES string of the molecule is C=C1CCC2(C)C3CCC4(C)C(C(=C)CC)CCC4C3(C)CC[C@@]2(C)C1. The summed E-state index contributed by atoms with van der Waals surface area (Å²) in [5.41, 5.74) is 5.13. The van der Waals surface area contributed by atoms with Crippen LogP contribution in [0.25, 0.3) is 0 Å². The highest BCUT2D eigenvalue weighted by Gasteiger charge is 2.67. The van der Waals surface area contributed by atoms with E-state index in [2.05, 4.69) is 47.8 Å². The molecule has 4 aliphatic carbocycles. The van der Waals surface area contributed by atoms with E-state index >= 15 is 0 Å². The number of fused-ring (bicyclic) bond motifs is 5. The topological polar surface area (TPSA) is 0 Å². The maximum atomic E-state index is 4.51. The summed E-state index contributed by atoms with van der Waals surface area (Å²) in [5, 5.41) is 0. The molecule has 4 rings (SSSR count). The third kappa shape index (κ3) is 2.20. The Morgan fingerprint density at radius 3 is 2.35 bits per heavy atom. The van der Waals surface area contributed by atoms with Gasteiger partial charge in [0.05, 0.1) is 0 Å². The second kappa shape index (κ2) is 5.74. The maximum absolute atomic E-state index is 4.51. The van der Waals surface area contributed by atoms with E-state index in [4.69, 9.17) is 0 Å². The molecule has 146 valence electrons. The van der Waals surface area contributed by atoms with Crippen molar-refractivity contribution in [3.8, 4) is 0 Å². The predicted molar refractivity (Wildman–Crippen MR) is 113 cm³/mol. The first-order valence-corrected chi connectivity index (χ1v) is 11.4. The molecule has 7 atom stereocenters. The van der Waals surface area contributed by atoms with Crippen LogP contribution in [-0.2, 0) is 0 Å². The zero-order valence-corrected chi connectivity index (χ0v) is 18.2. The van der Waals surface area contributed by atoms with Crippen LogP contribution in [0.2, 0.25) is 0 Å². The largest absolute Gasteiger partial charge is 0.0998 e. The Hall–Kier alpha value is -0.520. The smallest absolute Gasteiger partial charge is 0.0149 e. The van der Waals surface area contributed by atoms with Crippen LogP contribution in [0.3, 0.4) is 0 Å². The third-order valence-corrected chi connectivity index (χ3v) is 10.8. The van der Waals surface area contributed by atoms with Gasteiger partial charge in [0.15, 0.2) is 0 Å². The minimum atomic E-state index is 0.491. The van der Waals surface area contributed by atoms with E-state index in [1.165, 1.54) is 75.4 Å². The van der Waals surface area contributed by atoms with Gasteiger partial charge in [-0.3, -0.25) is 0 Å². The summed E-state index contributed by atoms with van der Waals surface area (Å²) in [4.78, 5) is 0. The lowest BCUT2D eigenvalue weighted by molar-refractivity contribution is -0.189. The highest BCUT2D eigenvalue weighted by Crippen LogP contribution is 2.75. The first-order valence-electron chi connectivity index (χ1n) is 11.4. The Morgan fingerprint density at radius 1 is 0.923 bits per heavy atom. The van der Waals surface area contributed by atoms with Gasteiger partial charge in [0.25, 0.3) is 0 Å². The molecule has 26 heavy (non-hydrogen) atoms. The van der Waals surface area contributed by atoms with Gasteiger partial charge >= 0.3 is 0 Å². The van der Waals surface area contributed by atoms with E-state index in [1.807, 2.05) is 0 Å². The summed E-state index contributed by atoms with van der Waals surface area (Å²) in [7, 11) is 0. The molecule has 0 aromatic heterocycles. The predicted octanol–water partition coefficient (Wildman–Crippen LogP) is 7.95. The van der Waals surface area contributed by atoms with Crippen LogP contribution in [0.1, 0.15) is 98.8 Å². The van der Waals surface area contributed by atoms with Gasteiger partial charge in [0, 0.05) is 0 Å². The second-order valence-corrected chi connectivity index (χ2v) is 11.7. The average Bonchev–Trinajstić information content (AvgIpc) is 2.94. The summed E-state index contributed by atoms with van der Waals surface area (Å²) in [6.07, 6.45) is 13.7. The first-order chi connectivity index (χ1) is 12.1. The second-order valence-electron chi connectivity index (χ2n) is 11.7. The fraction of sp³-hybridized carbons (Fsp3) is 0.846. The lowest BCUT2D eigenvalue weighted by Gasteiger charge is -2.69. The molecule has 0 heterocycles. The quantitative estimate of drug-likeness (QED) is 0.441. The normalized spacial score (nSPS) is 53.6. The van der Waals surface area contributed by atoms with Crippen LogP contribution in [0.15, 0.2) is 24.3 Å². The van der Waals surface area contributed by atoms with Gasteiger partial charge in [-0.15, -0.1) is 0 Å². The highest BCUT2D eigenvalue weighted by atomic mass is 14.7. The van der Waals surface area contributed by atoms with Gasteiger partial charge in [-0.2, -0.15) is 0 Å². The van der Waals surface area contributed by atoms with Crippen molar-refractivity contribution >= 4 is 0 Å². The molecule has 0 amide bonds. The molecule has 0 heteroatoms. The molecule has 4 saturated carbocycles. The Bertz CT molecular complexity index is 628. The molecule has 0 bridgehead atoms. The Morgan fingerprint density at radius 2 is 1.65 bits per heavy atom. The Labute approximate surface area is 162 Å². The molecule has 6 unspecified atom stereocenters. The van der Waals surface area contributed by atoms with Crippen molar-refractivity contribution in [1.29, 1.82) is 0 Å². The van der Waals surface area contributed by atoms with Crippen LogP contribution < -0.4 is 0 Å². The fourth-order valence-corrected chi connectivity index (χ4v) is 9.10. The standard InChI is InChI=1S/C26H42/c1-8-19(3)20-9-10-21-24(20,5)13-12-22-25(21,6)16-15-23(4)17-18(2)11-14-26(22,23)7/h20-22H,2-3,8-17H2,1,4-7H3/t20?,21?,22?,23-,24?,25?,26?/m0/s1. The lowest BCUT2D eigenvalue weighted by atomic mass is 9.36. The molecule has 0 N–H and O–H groups in total. The summed E-state index contributed by atoms with van der Waals surface area (Å²) in [6.45, 7) is 21.9. The molecule has 0 spiro atoms. The number of hydrogen-bond acceptors (Lipinski definition) is 0. The summed E-state index contributed by atoms with van der Waals surface area (Å²) in [6, 6.07) is 0. The van der Waals surface area contributed by atoms with Gasteiger partial charge in [0.2, 0.25) is 0 Å². The zero-order chi connectivity index (χ0) is 19.0. The molecule has 0 aromatic carbocycles. The van der Waals surface area contributed by atoms with Crippen molar-refractivity contribution in [2.24, 2.45) is 39.4 Å². The first kappa shape index (κ1) is 18.8. The van der Waals surface area contributed by atoms with Crippen molar-refractivity contribution in [2.75, 3.05) is 0 Å². The van der Waals surface area contributed by atoms with Crippen LogP contribution in [0.5, 0.6) is 0 Å². The zero-order valence-electron chi connectivity index (χ0n) is 18.2. The van der Waals surface area contributed by atoms with E-state index in [0.29, 0.717) is 21.7 Å². The van der Waals surface area contributed by atoms with Crippen LogP contribution in [-0.4, -0.2) is 0 Å². The van der Waals surface area contributed by atoms with E-state index in [0.717, 1.165) is 17.8 Å². The molecule has 0 nitrogen and oxygen atoms in total. The number of rotatable bonds is 2. The molecule has 0 aromatic rings. The molecular formula is C26H42. The van der Waals surface area contributed by atoms with E-state index in [1.54, 1.807) is 0 Å².